The van der Waals surface area contributed by atoms with Gasteiger partial charge in [0.1, 0.15) is 11.0 Å². The van der Waals surface area contributed by atoms with Gasteiger partial charge in [-0.1, -0.05) is 44.0 Å². The highest BCUT2D eigenvalue weighted by molar-refractivity contribution is 7.13. The average molecular weight is 401 g/mol. The molecule has 0 aliphatic heterocycles. The fourth-order valence-corrected chi connectivity index (χ4v) is 3.61. The number of aromatic nitrogens is 1. The van der Waals surface area contributed by atoms with Gasteiger partial charge in [0.15, 0.2) is 0 Å². The standard InChI is InChI=1S/C17H18Cl2N2O3S/c1-17(2,3)14(16(23)24)21-13(22)7-10-8-25-15(20-10)11-5-4-9(18)6-12(11)19/h4-6,8,14H,7H2,1-3H3,(H,21,22)(H,23,24). The molecule has 0 aliphatic carbocycles. The molecule has 1 aromatic heterocycles. The van der Waals surface area contributed by atoms with E-state index in [4.69, 9.17) is 23.2 Å². The highest BCUT2D eigenvalue weighted by atomic mass is 35.5. The van der Waals surface area contributed by atoms with Crippen LogP contribution in [0.25, 0.3) is 10.6 Å². The van der Waals surface area contributed by atoms with Crippen molar-refractivity contribution in [1.82, 2.24) is 10.3 Å². The van der Waals surface area contributed by atoms with Crippen molar-refractivity contribution in [3.63, 3.8) is 0 Å². The Labute approximate surface area is 160 Å². The first-order chi connectivity index (χ1) is 11.6. The number of carboxylic acid groups (broad SMARTS) is 1. The summed E-state index contributed by atoms with van der Waals surface area (Å²) in [7, 11) is 0. The molecule has 0 saturated heterocycles. The number of amides is 1. The molecule has 134 valence electrons. The summed E-state index contributed by atoms with van der Waals surface area (Å²) in [6.07, 6.45) is 0.00156. The van der Waals surface area contributed by atoms with Gasteiger partial charge < -0.3 is 10.4 Å². The maximum Gasteiger partial charge on any atom is 0.326 e. The van der Waals surface area contributed by atoms with Gasteiger partial charge in [0, 0.05) is 16.0 Å². The van der Waals surface area contributed by atoms with Gasteiger partial charge in [-0.25, -0.2) is 9.78 Å². The smallest absolute Gasteiger partial charge is 0.326 e. The van der Waals surface area contributed by atoms with E-state index in [0.29, 0.717) is 20.7 Å². The molecule has 2 N–H and O–H groups in total. The number of hydrogen-bond acceptors (Lipinski definition) is 4. The Kier molecular flexibility index (Phi) is 6.08. The lowest BCUT2D eigenvalue weighted by atomic mass is 9.86. The Morgan fingerprint density at radius 3 is 2.56 bits per heavy atom. The number of hydrogen-bond donors (Lipinski definition) is 2. The summed E-state index contributed by atoms with van der Waals surface area (Å²) in [5.74, 6) is -1.45. The van der Waals surface area contributed by atoms with Gasteiger partial charge in [-0.15, -0.1) is 11.3 Å². The first-order valence-electron chi connectivity index (χ1n) is 7.50. The minimum Gasteiger partial charge on any atom is -0.480 e. The zero-order valence-corrected chi connectivity index (χ0v) is 16.3. The molecule has 1 amide bonds. The molecule has 2 aromatic rings. The number of carbonyl (C=O) groups excluding carboxylic acids is 1. The van der Waals surface area contributed by atoms with Gasteiger partial charge in [0.25, 0.3) is 0 Å². The summed E-state index contributed by atoms with van der Waals surface area (Å²) in [6.45, 7) is 5.28. The Morgan fingerprint density at radius 2 is 2.00 bits per heavy atom. The molecule has 0 aliphatic rings. The summed E-state index contributed by atoms with van der Waals surface area (Å²) in [6, 6.07) is 4.15. The third-order valence-corrected chi connectivity index (χ3v) is 4.95. The zero-order chi connectivity index (χ0) is 18.8. The Balaban J connectivity index is 2.10. The van der Waals surface area contributed by atoms with Crippen molar-refractivity contribution >= 4 is 46.4 Å². The minimum atomic E-state index is -1.06. The van der Waals surface area contributed by atoms with E-state index >= 15 is 0 Å². The molecule has 0 radical (unpaired) electrons. The number of carboxylic acids is 1. The molecule has 0 fully saturated rings. The zero-order valence-electron chi connectivity index (χ0n) is 14.0. The monoisotopic (exact) mass is 400 g/mol. The van der Waals surface area contributed by atoms with Crippen molar-refractivity contribution in [2.45, 2.75) is 33.2 Å². The number of aliphatic carboxylic acids is 1. The molecule has 1 atom stereocenters. The fraction of sp³-hybridized carbons (Fsp3) is 0.353. The quantitative estimate of drug-likeness (QED) is 0.784. The van der Waals surface area contributed by atoms with Crippen molar-refractivity contribution in [3.8, 4) is 10.6 Å². The lowest BCUT2D eigenvalue weighted by molar-refractivity contribution is -0.144. The Hall–Kier alpha value is -1.63. The molecule has 0 saturated carbocycles. The predicted octanol–water partition coefficient (Wildman–Crippen LogP) is 4.27. The minimum absolute atomic E-state index is 0.00156. The van der Waals surface area contributed by atoms with Crippen LogP contribution < -0.4 is 5.32 Å². The number of carbonyl (C=O) groups is 2. The normalized spacial score (nSPS) is 12.7. The number of thiazole rings is 1. The van der Waals surface area contributed by atoms with Crippen LogP contribution in [-0.2, 0) is 16.0 Å². The first-order valence-corrected chi connectivity index (χ1v) is 9.13. The first kappa shape index (κ1) is 19.7. The van der Waals surface area contributed by atoms with Crippen molar-refractivity contribution in [2.75, 3.05) is 0 Å². The van der Waals surface area contributed by atoms with Crippen LogP contribution in [0.4, 0.5) is 0 Å². The lowest BCUT2D eigenvalue weighted by Gasteiger charge is -2.27. The topological polar surface area (TPSA) is 79.3 Å². The van der Waals surface area contributed by atoms with Gasteiger partial charge in [0.05, 0.1) is 17.1 Å². The van der Waals surface area contributed by atoms with Crippen molar-refractivity contribution in [2.24, 2.45) is 5.41 Å². The van der Waals surface area contributed by atoms with Crippen molar-refractivity contribution in [1.29, 1.82) is 0 Å². The second-order valence-electron chi connectivity index (χ2n) is 6.65. The average Bonchev–Trinajstić information content (AvgIpc) is 2.91. The highest BCUT2D eigenvalue weighted by Gasteiger charge is 2.32. The van der Waals surface area contributed by atoms with Crippen LogP contribution in [0.3, 0.4) is 0 Å². The molecule has 0 bridgehead atoms. The van der Waals surface area contributed by atoms with Gasteiger partial charge in [0.2, 0.25) is 5.91 Å². The van der Waals surface area contributed by atoms with Crippen molar-refractivity contribution in [3.05, 3.63) is 39.3 Å². The van der Waals surface area contributed by atoms with Crippen LogP contribution in [0.2, 0.25) is 10.0 Å². The third kappa shape index (κ3) is 5.17. The van der Waals surface area contributed by atoms with Gasteiger partial charge in [-0.3, -0.25) is 4.79 Å². The predicted molar refractivity (Wildman–Crippen MR) is 100 cm³/mol. The summed E-state index contributed by atoms with van der Waals surface area (Å²) in [5, 5.41) is 15.3. The molecule has 1 aromatic carbocycles. The molecule has 25 heavy (non-hydrogen) atoms. The van der Waals surface area contributed by atoms with Crippen LogP contribution in [0.1, 0.15) is 26.5 Å². The Bertz CT molecular complexity index is 799. The van der Waals surface area contributed by atoms with Crippen LogP contribution in [-0.4, -0.2) is 28.0 Å². The maximum absolute atomic E-state index is 12.2. The van der Waals surface area contributed by atoms with E-state index < -0.39 is 17.4 Å². The van der Waals surface area contributed by atoms with Gasteiger partial charge in [-0.05, 0) is 23.6 Å². The van der Waals surface area contributed by atoms with E-state index in [1.165, 1.54) is 11.3 Å². The Morgan fingerprint density at radius 1 is 1.32 bits per heavy atom. The van der Waals surface area contributed by atoms with Crippen LogP contribution in [0.5, 0.6) is 0 Å². The number of rotatable bonds is 5. The van der Waals surface area contributed by atoms with Crippen LogP contribution in [0, 0.1) is 5.41 Å². The highest BCUT2D eigenvalue weighted by Crippen LogP contribution is 2.32. The van der Waals surface area contributed by atoms with E-state index in [-0.39, 0.29) is 12.3 Å². The van der Waals surface area contributed by atoms with E-state index in [1.54, 1.807) is 44.4 Å². The third-order valence-electron chi connectivity index (χ3n) is 3.47. The fourth-order valence-electron chi connectivity index (χ4n) is 2.20. The van der Waals surface area contributed by atoms with E-state index in [2.05, 4.69) is 10.3 Å². The molecule has 2 rings (SSSR count). The van der Waals surface area contributed by atoms with E-state index in [1.807, 2.05) is 0 Å². The molecule has 1 unspecified atom stereocenters. The van der Waals surface area contributed by atoms with Crippen LogP contribution >= 0.6 is 34.5 Å². The van der Waals surface area contributed by atoms with E-state index in [0.717, 1.165) is 5.56 Å². The number of benzene rings is 1. The molecular formula is C17H18Cl2N2O3S. The van der Waals surface area contributed by atoms with Gasteiger partial charge >= 0.3 is 5.97 Å². The second kappa shape index (κ2) is 7.72. The number of nitrogens with zero attached hydrogens (tertiary/aromatic N) is 1. The van der Waals surface area contributed by atoms with E-state index in [9.17, 15) is 14.7 Å². The summed E-state index contributed by atoms with van der Waals surface area (Å²) in [5.41, 5.74) is 0.702. The second-order valence-corrected chi connectivity index (χ2v) is 8.35. The number of nitrogens with one attached hydrogen (secondary N) is 1. The summed E-state index contributed by atoms with van der Waals surface area (Å²) < 4.78 is 0. The lowest BCUT2D eigenvalue weighted by Crippen LogP contribution is -2.49. The summed E-state index contributed by atoms with van der Waals surface area (Å²) in [4.78, 5) is 27.9. The van der Waals surface area contributed by atoms with Gasteiger partial charge in [-0.2, -0.15) is 0 Å². The largest absolute Gasteiger partial charge is 0.480 e. The summed E-state index contributed by atoms with van der Waals surface area (Å²) >= 11 is 13.4. The molecular weight excluding hydrogens is 383 g/mol. The van der Waals surface area contributed by atoms with Crippen molar-refractivity contribution < 1.29 is 14.7 Å². The van der Waals surface area contributed by atoms with Crippen LogP contribution in [0.15, 0.2) is 23.6 Å². The number of halogens is 2. The SMILES string of the molecule is CC(C)(C)C(NC(=O)Cc1csc(-c2ccc(Cl)cc2Cl)n1)C(=O)O. The maximum atomic E-state index is 12.2. The molecule has 8 heteroatoms. The molecule has 5 nitrogen and oxygen atoms in total. The molecule has 1 heterocycles. The molecule has 0 spiro atoms.